The van der Waals surface area contributed by atoms with Crippen LogP contribution in [0.2, 0.25) is 0 Å². The van der Waals surface area contributed by atoms with E-state index in [9.17, 15) is 19.2 Å². The van der Waals surface area contributed by atoms with Crippen LogP contribution in [0.5, 0.6) is 5.75 Å². The van der Waals surface area contributed by atoms with Crippen LogP contribution in [-0.2, 0) is 49.3 Å². The summed E-state index contributed by atoms with van der Waals surface area (Å²) >= 11 is 1.67. The maximum absolute atomic E-state index is 12.2. The Morgan fingerprint density at radius 3 is 1.95 bits per heavy atom. The van der Waals surface area contributed by atoms with E-state index in [-0.39, 0.29) is 0 Å². The van der Waals surface area contributed by atoms with Crippen molar-refractivity contribution in [1.29, 1.82) is 0 Å². The minimum Gasteiger partial charge on any atom is -0.497 e. The SMILES string of the molecule is COc1ccc(-c2ccc(Cc3cc(C4OC(OC(C)=O)C(OC(C)=O)C(OC(C)=O)C4OC(C)=O)ccc3C)s2)cc1. The first-order chi connectivity index (χ1) is 20.4. The molecular weight excluding hydrogens is 576 g/mol. The van der Waals surface area contributed by atoms with Crippen molar-refractivity contribution in [2.75, 3.05) is 7.11 Å². The van der Waals surface area contributed by atoms with Crippen LogP contribution in [0, 0.1) is 6.92 Å². The fraction of sp³-hybridized carbons (Fsp3) is 0.375. The largest absolute Gasteiger partial charge is 0.497 e. The van der Waals surface area contributed by atoms with Crippen molar-refractivity contribution in [2.45, 2.75) is 71.7 Å². The second-order valence-electron chi connectivity index (χ2n) is 10.1. The number of rotatable bonds is 9. The average Bonchev–Trinajstić information content (AvgIpc) is 3.40. The molecule has 43 heavy (non-hydrogen) atoms. The van der Waals surface area contributed by atoms with Gasteiger partial charge in [0, 0.05) is 43.9 Å². The lowest BCUT2D eigenvalue weighted by Crippen LogP contribution is -2.59. The zero-order chi connectivity index (χ0) is 31.3. The highest BCUT2D eigenvalue weighted by molar-refractivity contribution is 7.15. The third-order valence-electron chi connectivity index (χ3n) is 6.79. The van der Waals surface area contributed by atoms with E-state index < -0.39 is 54.6 Å². The second-order valence-corrected chi connectivity index (χ2v) is 11.3. The molecule has 2 aromatic carbocycles. The lowest BCUT2D eigenvalue weighted by atomic mass is 9.90. The highest BCUT2D eigenvalue weighted by Gasteiger charge is 2.53. The molecular formula is C32H34O10S. The number of methoxy groups -OCH3 is 1. The summed E-state index contributed by atoms with van der Waals surface area (Å²) in [6.45, 7) is 6.69. The number of ether oxygens (including phenoxy) is 6. The highest BCUT2D eigenvalue weighted by atomic mass is 32.1. The van der Waals surface area contributed by atoms with E-state index in [0.29, 0.717) is 12.0 Å². The molecule has 0 bridgehead atoms. The molecule has 5 unspecified atom stereocenters. The summed E-state index contributed by atoms with van der Waals surface area (Å²) in [4.78, 5) is 50.5. The molecule has 2 heterocycles. The number of hydrogen-bond donors (Lipinski definition) is 0. The molecule has 1 aromatic heterocycles. The predicted molar refractivity (Wildman–Crippen MR) is 156 cm³/mol. The molecule has 0 radical (unpaired) electrons. The Morgan fingerprint density at radius 2 is 1.35 bits per heavy atom. The van der Waals surface area contributed by atoms with Crippen molar-refractivity contribution in [2.24, 2.45) is 0 Å². The van der Waals surface area contributed by atoms with Gasteiger partial charge in [0.2, 0.25) is 12.4 Å². The van der Waals surface area contributed by atoms with Gasteiger partial charge in [-0.25, -0.2) is 0 Å². The van der Waals surface area contributed by atoms with Crippen molar-refractivity contribution in [1.82, 2.24) is 0 Å². The van der Waals surface area contributed by atoms with E-state index in [4.69, 9.17) is 28.4 Å². The Bertz CT molecular complexity index is 1480. The summed E-state index contributed by atoms with van der Waals surface area (Å²) in [7, 11) is 1.63. The number of esters is 4. The van der Waals surface area contributed by atoms with Crippen molar-refractivity contribution in [3.05, 3.63) is 76.2 Å². The molecule has 3 aromatic rings. The van der Waals surface area contributed by atoms with Gasteiger partial charge in [0.05, 0.1) is 7.11 Å². The molecule has 10 nitrogen and oxygen atoms in total. The fourth-order valence-electron chi connectivity index (χ4n) is 4.93. The zero-order valence-corrected chi connectivity index (χ0v) is 25.6. The van der Waals surface area contributed by atoms with Gasteiger partial charge in [-0.1, -0.05) is 18.2 Å². The van der Waals surface area contributed by atoms with Crippen molar-refractivity contribution in [3.8, 4) is 16.2 Å². The quantitative estimate of drug-likeness (QED) is 0.239. The maximum Gasteiger partial charge on any atom is 0.305 e. The van der Waals surface area contributed by atoms with Crippen LogP contribution in [0.25, 0.3) is 10.4 Å². The van der Waals surface area contributed by atoms with Gasteiger partial charge in [0.15, 0.2) is 12.2 Å². The van der Waals surface area contributed by atoms with Gasteiger partial charge in [0.1, 0.15) is 11.9 Å². The van der Waals surface area contributed by atoms with Crippen molar-refractivity contribution < 1.29 is 47.6 Å². The van der Waals surface area contributed by atoms with Crippen molar-refractivity contribution in [3.63, 3.8) is 0 Å². The van der Waals surface area contributed by atoms with Crippen LogP contribution < -0.4 is 4.74 Å². The van der Waals surface area contributed by atoms with E-state index in [0.717, 1.165) is 39.1 Å². The number of thiophene rings is 1. The smallest absolute Gasteiger partial charge is 0.305 e. The minimum absolute atomic E-state index is 0.592. The second kappa shape index (κ2) is 13.8. The molecule has 5 atom stereocenters. The van der Waals surface area contributed by atoms with Gasteiger partial charge in [-0.05, 0) is 65.6 Å². The van der Waals surface area contributed by atoms with Gasteiger partial charge in [0.25, 0.3) is 0 Å². The summed E-state index contributed by atoms with van der Waals surface area (Å²) in [5, 5.41) is 0. The van der Waals surface area contributed by atoms with Gasteiger partial charge in [-0.15, -0.1) is 11.3 Å². The molecule has 0 N–H and O–H groups in total. The van der Waals surface area contributed by atoms with Gasteiger partial charge in [-0.3, -0.25) is 19.2 Å². The first-order valence-electron chi connectivity index (χ1n) is 13.6. The molecule has 0 aliphatic carbocycles. The molecule has 4 rings (SSSR count). The molecule has 1 aliphatic heterocycles. The number of aryl methyl sites for hydroxylation is 1. The number of benzene rings is 2. The molecule has 0 saturated carbocycles. The summed E-state index contributed by atoms with van der Waals surface area (Å²) in [5.74, 6) is -2.03. The number of carbonyl (C=O) groups is 4. The Labute approximate surface area is 253 Å². The molecule has 0 spiro atoms. The third kappa shape index (κ3) is 7.99. The summed E-state index contributed by atoms with van der Waals surface area (Å²) in [6.07, 6.45) is -5.75. The fourth-order valence-corrected chi connectivity index (χ4v) is 5.97. The van der Waals surface area contributed by atoms with Crippen LogP contribution >= 0.6 is 11.3 Å². The predicted octanol–water partition coefficient (Wildman–Crippen LogP) is 5.08. The lowest BCUT2D eigenvalue weighted by molar-refractivity contribution is -0.298. The minimum atomic E-state index is -1.43. The molecule has 1 aliphatic rings. The Morgan fingerprint density at radius 1 is 0.744 bits per heavy atom. The van der Waals surface area contributed by atoms with Crippen LogP contribution in [0.15, 0.2) is 54.6 Å². The Balaban J connectivity index is 1.69. The topological polar surface area (TPSA) is 124 Å². The third-order valence-corrected chi connectivity index (χ3v) is 7.92. The number of carbonyl (C=O) groups excluding carboxylic acids is 4. The zero-order valence-electron chi connectivity index (χ0n) is 24.8. The molecule has 1 saturated heterocycles. The van der Waals surface area contributed by atoms with Crippen LogP contribution in [0.4, 0.5) is 0 Å². The van der Waals surface area contributed by atoms with Crippen LogP contribution in [0.3, 0.4) is 0 Å². The van der Waals surface area contributed by atoms with E-state index in [2.05, 4.69) is 12.1 Å². The summed E-state index contributed by atoms with van der Waals surface area (Å²) in [5.41, 5.74) is 3.68. The Kier molecular flexibility index (Phi) is 10.2. The van der Waals surface area contributed by atoms with E-state index in [1.807, 2.05) is 43.3 Å². The van der Waals surface area contributed by atoms with Gasteiger partial charge < -0.3 is 28.4 Å². The first-order valence-corrected chi connectivity index (χ1v) is 14.4. The van der Waals surface area contributed by atoms with Gasteiger partial charge in [-0.2, -0.15) is 0 Å². The van der Waals surface area contributed by atoms with E-state index >= 15 is 0 Å². The van der Waals surface area contributed by atoms with Crippen LogP contribution in [0.1, 0.15) is 55.4 Å². The maximum atomic E-state index is 12.2. The average molecular weight is 611 g/mol. The van der Waals surface area contributed by atoms with Crippen molar-refractivity contribution >= 4 is 35.2 Å². The molecule has 228 valence electrons. The first kappa shape index (κ1) is 31.7. The van der Waals surface area contributed by atoms with Gasteiger partial charge >= 0.3 is 23.9 Å². The number of hydrogen-bond acceptors (Lipinski definition) is 11. The molecule has 1 fully saturated rings. The molecule has 11 heteroatoms. The summed E-state index contributed by atoms with van der Waals surface area (Å²) < 4.78 is 33.3. The normalized spacial score (nSPS) is 21.4. The highest BCUT2D eigenvalue weighted by Crippen LogP contribution is 2.39. The monoisotopic (exact) mass is 610 g/mol. The lowest BCUT2D eigenvalue weighted by Gasteiger charge is -2.44. The molecule has 0 amide bonds. The van der Waals surface area contributed by atoms with Crippen LogP contribution in [-0.4, -0.2) is 55.6 Å². The van der Waals surface area contributed by atoms with E-state index in [1.165, 1.54) is 20.8 Å². The van der Waals surface area contributed by atoms with E-state index in [1.54, 1.807) is 24.5 Å². The standard InChI is InChI=1S/C32H34O10S/c1-17-7-8-23(15-24(17)16-26-13-14-27(43-26)22-9-11-25(37-6)12-10-22)28-29(38-18(2)33)30(39-19(3)34)31(40-20(4)35)32(42-28)41-21(5)36/h7-15,28-32H,16H2,1-6H3. The Hall–Kier alpha value is -4.22. The summed E-state index contributed by atoms with van der Waals surface area (Å²) in [6, 6.07) is 17.7.